The van der Waals surface area contributed by atoms with E-state index in [4.69, 9.17) is 4.42 Å². The maximum absolute atomic E-state index is 12.6. The fourth-order valence-corrected chi connectivity index (χ4v) is 3.00. The van der Waals surface area contributed by atoms with Crippen molar-refractivity contribution >= 4 is 27.7 Å². The monoisotopic (exact) mass is 430 g/mol. The van der Waals surface area contributed by atoms with Crippen molar-refractivity contribution in [2.45, 2.75) is 13.8 Å². The number of rotatable bonds is 6. The summed E-state index contributed by atoms with van der Waals surface area (Å²) in [5, 5.41) is 9.97. The molecule has 2 aromatic heterocycles. The topological polar surface area (TPSA) is 89.2 Å². The zero-order chi connectivity index (χ0) is 19.4. The molecule has 27 heavy (non-hydrogen) atoms. The SMILES string of the molecule is Cc1nn(-c2ccc(Br)cc2)c(C)c1C(=O)NCCNC(=O)c1ccco1. The number of halogens is 1. The second-order valence-corrected chi connectivity index (χ2v) is 6.84. The van der Waals surface area contributed by atoms with E-state index >= 15 is 0 Å². The lowest BCUT2D eigenvalue weighted by atomic mass is 10.2. The third-order valence-corrected chi connectivity index (χ3v) is 4.56. The van der Waals surface area contributed by atoms with Crippen molar-refractivity contribution in [1.29, 1.82) is 0 Å². The number of amides is 2. The van der Waals surface area contributed by atoms with Gasteiger partial charge in [0.15, 0.2) is 5.76 Å². The largest absolute Gasteiger partial charge is 0.459 e. The van der Waals surface area contributed by atoms with E-state index in [9.17, 15) is 9.59 Å². The lowest BCUT2D eigenvalue weighted by Gasteiger charge is -2.07. The Morgan fingerprint density at radius 3 is 2.37 bits per heavy atom. The molecule has 8 heteroatoms. The molecular formula is C19H19BrN4O3. The minimum atomic E-state index is -0.315. The number of hydrogen-bond acceptors (Lipinski definition) is 4. The van der Waals surface area contributed by atoms with Gasteiger partial charge in [0.1, 0.15) is 0 Å². The highest BCUT2D eigenvalue weighted by Crippen LogP contribution is 2.19. The van der Waals surface area contributed by atoms with Crippen LogP contribution in [0, 0.1) is 13.8 Å². The van der Waals surface area contributed by atoms with Crippen LogP contribution in [0.4, 0.5) is 0 Å². The zero-order valence-corrected chi connectivity index (χ0v) is 16.5. The van der Waals surface area contributed by atoms with Crippen LogP contribution in [0.25, 0.3) is 5.69 Å². The Morgan fingerprint density at radius 1 is 1.07 bits per heavy atom. The van der Waals surface area contributed by atoms with Crippen molar-refractivity contribution in [3.63, 3.8) is 0 Å². The minimum Gasteiger partial charge on any atom is -0.459 e. The van der Waals surface area contributed by atoms with Crippen LogP contribution in [0.3, 0.4) is 0 Å². The van der Waals surface area contributed by atoms with Crippen LogP contribution in [0.5, 0.6) is 0 Å². The van der Waals surface area contributed by atoms with E-state index in [2.05, 4.69) is 31.7 Å². The Balaban J connectivity index is 1.61. The van der Waals surface area contributed by atoms with Gasteiger partial charge in [-0.25, -0.2) is 4.68 Å². The van der Waals surface area contributed by atoms with Crippen molar-refractivity contribution in [2.75, 3.05) is 13.1 Å². The molecule has 7 nitrogen and oxygen atoms in total. The first-order chi connectivity index (χ1) is 13.0. The third-order valence-electron chi connectivity index (χ3n) is 4.03. The Hall–Kier alpha value is -2.87. The van der Waals surface area contributed by atoms with E-state index in [0.717, 1.165) is 15.9 Å². The first-order valence-electron chi connectivity index (χ1n) is 8.39. The number of nitrogens with one attached hydrogen (secondary N) is 2. The van der Waals surface area contributed by atoms with E-state index in [1.54, 1.807) is 23.7 Å². The van der Waals surface area contributed by atoms with Crippen molar-refractivity contribution in [2.24, 2.45) is 0 Å². The summed E-state index contributed by atoms with van der Waals surface area (Å²) < 4.78 is 7.73. The molecule has 0 saturated heterocycles. The van der Waals surface area contributed by atoms with Gasteiger partial charge in [-0.3, -0.25) is 9.59 Å². The molecular weight excluding hydrogens is 412 g/mol. The maximum Gasteiger partial charge on any atom is 0.287 e. The van der Waals surface area contributed by atoms with Crippen LogP contribution in [-0.2, 0) is 0 Å². The first-order valence-corrected chi connectivity index (χ1v) is 9.18. The maximum atomic E-state index is 12.6. The number of aryl methyl sites for hydroxylation is 1. The molecule has 0 saturated carbocycles. The minimum absolute atomic E-state index is 0.222. The molecule has 2 N–H and O–H groups in total. The average molecular weight is 431 g/mol. The molecule has 1 aromatic carbocycles. The van der Waals surface area contributed by atoms with Gasteiger partial charge in [0.05, 0.1) is 28.9 Å². The Morgan fingerprint density at radius 2 is 1.74 bits per heavy atom. The van der Waals surface area contributed by atoms with Crippen LogP contribution < -0.4 is 10.6 Å². The molecule has 2 heterocycles. The van der Waals surface area contributed by atoms with Gasteiger partial charge in [0, 0.05) is 17.6 Å². The molecule has 2 amide bonds. The molecule has 140 valence electrons. The molecule has 0 aliphatic rings. The number of carbonyl (C=O) groups is 2. The number of hydrogen-bond donors (Lipinski definition) is 2. The number of nitrogens with zero attached hydrogens (tertiary/aromatic N) is 2. The highest BCUT2D eigenvalue weighted by atomic mass is 79.9. The molecule has 0 radical (unpaired) electrons. The number of aromatic nitrogens is 2. The predicted molar refractivity (Wildman–Crippen MR) is 104 cm³/mol. The summed E-state index contributed by atoms with van der Waals surface area (Å²) in [7, 11) is 0. The molecule has 3 aromatic rings. The first kappa shape index (κ1) is 18.9. The number of furan rings is 1. The van der Waals surface area contributed by atoms with Crippen molar-refractivity contribution < 1.29 is 14.0 Å². The molecule has 0 atom stereocenters. The number of benzene rings is 1. The highest BCUT2D eigenvalue weighted by Gasteiger charge is 2.19. The summed E-state index contributed by atoms with van der Waals surface area (Å²) in [6.07, 6.45) is 1.44. The predicted octanol–water partition coefficient (Wildman–Crippen LogP) is 3.00. The highest BCUT2D eigenvalue weighted by molar-refractivity contribution is 9.10. The summed E-state index contributed by atoms with van der Waals surface area (Å²) >= 11 is 3.41. The number of carbonyl (C=O) groups excluding carboxylic acids is 2. The molecule has 0 bridgehead atoms. The second-order valence-electron chi connectivity index (χ2n) is 5.92. The zero-order valence-electron chi connectivity index (χ0n) is 15.0. The van der Waals surface area contributed by atoms with Crippen molar-refractivity contribution in [1.82, 2.24) is 20.4 Å². The van der Waals surface area contributed by atoms with Crippen LogP contribution in [0.2, 0.25) is 0 Å². The van der Waals surface area contributed by atoms with E-state index in [-0.39, 0.29) is 17.6 Å². The van der Waals surface area contributed by atoms with Gasteiger partial charge >= 0.3 is 0 Å². The quantitative estimate of drug-likeness (QED) is 0.588. The van der Waals surface area contributed by atoms with E-state index in [0.29, 0.717) is 24.3 Å². The fraction of sp³-hybridized carbons (Fsp3) is 0.211. The lowest BCUT2D eigenvalue weighted by Crippen LogP contribution is -2.35. The van der Waals surface area contributed by atoms with Crippen molar-refractivity contribution in [3.05, 3.63) is 69.8 Å². The Kier molecular flexibility index (Phi) is 5.75. The third kappa shape index (κ3) is 4.28. The van der Waals surface area contributed by atoms with Gasteiger partial charge in [-0.2, -0.15) is 5.10 Å². The Labute approximate surface area is 164 Å². The van der Waals surface area contributed by atoms with Gasteiger partial charge in [-0.05, 0) is 50.2 Å². The molecule has 0 fully saturated rings. The summed E-state index contributed by atoms with van der Waals surface area (Å²) in [6, 6.07) is 10.9. The van der Waals surface area contributed by atoms with Gasteiger partial charge in [0.2, 0.25) is 0 Å². The molecule has 0 unspecified atom stereocenters. The fourth-order valence-electron chi connectivity index (χ4n) is 2.74. The van der Waals surface area contributed by atoms with Gasteiger partial charge in [-0.1, -0.05) is 15.9 Å². The van der Waals surface area contributed by atoms with E-state index in [1.165, 1.54) is 6.26 Å². The van der Waals surface area contributed by atoms with Gasteiger partial charge < -0.3 is 15.1 Å². The smallest absolute Gasteiger partial charge is 0.287 e. The molecule has 0 aliphatic heterocycles. The summed E-state index contributed by atoms with van der Waals surface area (Å²) in [6.45, 7) is 4.25. The molecule has 3 rings (SSSR count). The summed E-state index contributed by atoms with van der Waals surface area (Å²) in [5.41, 5.74) is 2.82. The summed E-state index contributed by atoms with van der Waals surface area (Å²) in [4.78, 5) is 24.3. The van der Waals surface area contributed by atoms with Gasteiger partial charge in [0.25, 0.3) is 11.8 Å². The van der Waals surface area contributed by atoms with Crippen LogP contribution >= 0.6 is 15.9 Å². The average Bonchev–Trinajstić information content (AvgIpc) is 3.28. The van der Waals surface area contributed by atoms with E-state index < -0.39 is 0 Å². The van der Waals surface area contributed by atoms with Gasteiger partial charge in [-0.15, -0.1) is 0 Å². The second kappa shape index (κ2) is 8.22. The normalized spacial score (nSPS) is 10.6. The van der Waals surface area contributed by atoms with Crippen LogP contribution in [-0.4, -0.2) is 34.7 Å². The molecule has 0 aliphatic carbocycles. The lowest BCUT2D eigenvalue weighted by molar-refractivity contribution is 0.0910. The van der Waals surface area contributed by atoms with Crippen LogP contribution in [0.1, 0.15) is 32.3 Å². The summed E-state index contributed by atoms with van der Waals surface area (Å²) in [5.74, 6) is -0.297. The standard InChI is InChI=1S/C19H19BrN4O3/c1-12-17(13(2)24(23-12)15-7-5-14(20)6-8-15)19(26)22-10-9-21-18(25)16-4-3-11-27-16/h3-8,11H,9-10H2,1-2H3,(H,21,25)(H,22,26). The van der Waals surface area contributed by atoms with Crippen LogP contribution in [0.15, 0.2) is 51.6 Å². The van der Waals surface area contributed by atoms with Crippen molar-refractivity contribution in [3.8, 4) is 5.69 Å². The Bertz CT molecular complexity index is 946. The van der Waals surface area contributed by atoms with E-state index in [1.807, 2.05) is 31.2 Å². The molecule has 0 spiro atoms.